The van der Waals surface area contributed by atoms with Gasteiger partial charge < -0.3 is 10.2 Å². The molecule has 1 aromatic rings. The van der Waals surface area contributed by atoms with Crippen LogP contribution in [-0.2, 0) is 6.54 Å². The fourth-order valence-corrected chi connectivity index (χ4v) is 2.02. The maximum absolute atomic E-state index is 4.58. The van der Waals surface area contributed by atoms with Crippen LogP contribution in [-0.4, -0.2) is 23.6 Å². The van der Waals surface area contributed by atoms with E-state index in [1.165, 1.54) is 5.56 Å². The molecule has 0 bridgehead atoms. The van der Waals surface area contributed by atoms with Crippen molar-refractivity contribution in [2.75, 3.05) is 18.0 Å². The van der Waals surface area contributed by atoms with Crippen molar-refractivity contribution in [3.63, 3.8) is 0 Å². The third-order valence-electron chi connectivity index (χ3n) is 2.99. The number of aromatic nitrogens is 1. The van der Waals surface area contributed by atoms with Crippen molar-refractivity contribution < 1.29 is 0 Å². The van der Waals surface area contributed by atoms with Gasteiger partial charge in [0, 0.05) is 30.4 Å². The van der Waals surface area contributed by atoms with E-state index in [0.29, 0.717) is 0 Å². The van der Waals surface area contributed by atoms with Crippen LogP contribution in [0.5, 0.6) is 0 Å². The van der Waals surface area contributed by atoms with Crippen LogP contribution in [0, 0.1) is 0 Å². The molecule has 1 rings (SSSR count). The topological polar surface area (TPSA) is 28.2 Å². The van der Waals surface area contributed by atoms with E-state index in [1.807, 2.05) is 18.3 Å². The van der Waals surface area contributed by atoms with Crippen LogP contribution in [0.15, 0.2) is 31.0 Å². The van der Waals surface area contributed by atoms with Crippen LogP contribution in [0.1, 0.15) is 39.7 Å². The lowest BCUT2D eigenvalue weighted by atomic mass is 10.0. The molecule has 3 heteroatoms. The van der Waals surface area contributed by atoms with Gasteiger partial charge in [0.15, 0.2) is 0 Å². The van der Waals surface area contributed by atoms with Crippen LogP contribution in [0.25, 0.3) is 0 Å². The van der Waals surface area contributed by atoms with Crippen LogP contribution >= 0.6 is 0 Å². The molecule has 0 aliphatic rings. The standard InChI is InChI=1S/C16H27N3/c1-6-10-17-13-14-9-8-11-18-15(14)19(12-7-2)16(3,4)5/h7-9,11,17H,2,6,10,12-13H2,1,3-5H3. The van der Waals surface area contributed by atoms with E-state index >= 15 is 0 Å². The van der Waals surface area contributed by atoms with Gasteiger partial charge in [-0.3, -0.25) is 0 Å². The van der Waals surface area contributed by atoms with Crippen molar-refractivity contribution >= 4 is 5.82 Å². The van der Waals surface area contributed by atoms with E-state index in [-0.39, 0.29) is 5.54 Å². The molecule has 0 aliphatic heterocycles. The second-order valence-electron chi connectivity index (χ2n) is 5.73. The molecule has 1 N–H and O–H groups in total. The normalized spacial score (nSPS) is 11.4. The summed E-state index contributed by atoms with van der Waals surface area (Å²) in [6, 6.07) is 4.15. The molecule has 3 nitrogen and oxygen atoms in total. The van der Waals surface area contributed by atoms with Gasteiger partial charge in [0.05, 0.1) is 0 Å². The lowest BCUT2D eigenvalue weighted by molar-refractivity contribution is 0.514. The lowest BCUT2D eigenvalue weighted by Crippen LogP contribution is -2.43. The Bertz CT molecular complexity index is 393. The quantitative estimate of drug-likeness (QED) is 0.602. The van der Waals surface area contributed by atoms with Gasteiger partial charge in [0.2, 0.25) is 0 Å². The molecule has 0 saturated heterocycles. The van der Waals surface area contributed by atoms with Crippen molar-refractivity contribution in [3.8, 4) is 0 Å². The summed E-state index contributed by atoms with van der Waals surface area (Å²) in [4.78, 5) is 6.88. The summed E-state index contributed by atoms with van der Waals surface area (Å²) in [7, 11) is 0. The first-order valence-corrected chi connectivity index (χ1v) is 7.03. The molecule has 106 valence electrons. The Morgan fingerprint density at radius 3 is 2.74 bits per heavy atom. The van der Waals surface area contributed by atoms with Crippen LogP contribution < -0.4 is 10.2 Å². The molecule has 0 amide bonds. The van der Waals surface area contributed by atoms with E-state index in [1.54, 1.807) is 0 Å². The first kappa shape index (κ1) is 15.7. The van der Waals surface area contributed by atoms with Crippen molar-refractivity contribution in [2.45, 2.75) is 46.2 Å². The van der Waals surface area contributed by atoms with E-state index in [0.717, 1.165) is 31.9 Å². The number of rotatable bonds is 7. The molecule has 1 heterocycles. The molecule has 1 aromatic heterocycles. The van der Waals surface area contributed by atoms with E-state index in [4.69, 9.17) is 0 Å². The first-order chi connectivity index (χ1) is 9.00. The van der Waals surface area contributed by atoms with Crippen molar-refractivity contribution in [3.05, 3.63) is 36.5 Å². The Kier molecular flexibility index (Phi) is 6.03. The smallest absolute Gasteiger partial charge is 0.133 e. The Morgan fingerprint density at radius 1 is 1.42 bits per heavy atom. The third kappa shape index (κ3) is 4.67. The summed E-state index contributed by atoms with van der Waals surface area (Å²) >= 11 is 0. The minimum Gasteiger partial charge on any atom is -0.348 e. The van der Waals surface area contributed by atoms with Crippen LogP contribution in [0.2, 0.25) is 0 Å². The molecule has 0 radical (unpaired) electrons. The number of nitrogens with zero attached hydrogens (tertiary/aromatic N) is 2. The summed E-state index contributed by atoms with van der Waals surface area (Å²) in [6.07, 6.45) is 4.94. The highest BCUT2D eigenvalue weighted by atomic mass is 15.2. The fraction of sp³-hybridized carbons (Fsp3) is 0.562. The summed E-state index contributed by atoms with van der Waals surface area (Å²) in [5, 5.41) is 3.45. The molecule has 0 spiro atoms. The minimum absolute atomic E-state index is 0.0298. The van der Waals surface area contributed by atoms with Gasteiger partial charge in [0.25, 0.3) is 0 Å². The maximum atomic E-state index is 4.58. The average molecular weight is 261 g/mol. The Labute approximate surface area is 117 Å². The van der Waals surface area contributed by atoms with Gasteiger partial charge in [-0.1, -0.05) is 19.1 Å². The first-order valence-electron chi connectivity index (χ1n) is 7.03. The minimum atomic E-state index is 0.0298. The van der Waals surface area contributed by atoms with E-state index < -0.39 is 0 Å². The molecule has 0 fully saturated rings. The molecule has 0 aromatic carbocycles. The third-order valence-corrected chi connectivity index (χ3v) is 2.99. The predicted molar refractivity (Wildman–Crippen MR) is 83.5 cm³/mol. The maximum Gasteiger partial charge on any atom is 0.133 e. The summed E-state index contributed by atoms with van der Waals surface area (Å²) in [6.45, 7) is 15.3. The van der Waals surface area contributed by atoms with Crippen LogP contribution in [0.4, 0.5) is 5.82 Å². The highest BCUT2D eigenvalue weighted by Gasteiger charge is 2.23. The molecule has 19 heavy (non-hydrogen) atoms. The summed E-state index contributed by atoms with van der Waals surface area (Å²) in [5.41, 5.74) is 1.27. The SMILES string of the molecule is C=CCN(c1ncccc1CNCCC)C(C)(C)C. The van der Waals surface area contributed by atoms with Crippen LogP contribution in [0.3, 0.4) is 0 Å². The zero-order valence-electron chi connectivity index (χ0n) is 12.7. The highest BCUT2D eigenvalue weighted by Crippen LogP contribution is 2.25. The van der Waals surface area contributed by atoms with Crippen molar-refractivity contribution in [2.24, 2.45) is 0 Å². The molecule has 0 saturated carbocycles. The number of hydrogen-bond acceptors (Lipinski definition) is 3. The van der Waals surface area contributed by atoms with Gasteiger partial charge in [-0.25, -0.2) is 4.98 Å². The van der Waals surface area contributed by atoms with Crippen molar-refractivity contribution in [1.82, 2.24) is 10.3 Å². The Hall–Kier alpha value is -1.35. The molecular weight excluding hydrogens is 234 g/mol. The number of nitrogens with one attached hydrogen (secondary N) is 1. The number of hydrogen-bond donors (Lipinski definition) is 1. The van der Waals surface area contributed by atoms with Crippen molar-refractivity contribution in [1.29, 1.82) is 0 Å². The van der Waals surface area contributed by atoms with Gasteiger partial charge in [0.1, 0.15) is 5.82 Å². The number of pyridine rings is 1. The second-order valence-corrected chi connectivity index (χ2v) is 5.73. The zero-order chi connectivity index (χ0) is 14.3. The number of anilines is 1. The predicted octanol–water partition coefficient (Wildman–Crippen LogP) is 3.37. The van der Waals surface area contributed by atoms with Gasteiger partial charge in [-0.05, 0) is 39.8 Å². The summed E-state index contributed by atoms with van der Waals surface area (Å²) in [5.74, 6) is 1.05. The Balaban J connectivity index is 2.98. The average Bonchev–Trinajstić information content (AvgIpc) is 2.36. The molecule has 0 atom stereocenters. The molecule has 0 aliphatic carbocycles. The molecular formula is C16H27N3. The summed E-state index contributed by atoms with van der Waals surface area (Å²) < 4.78 is 0. The fourth-order valence-electron chi connectivity index (χ4n) is 2.02. The zero-order valence-corrected chi connectivity index (χ0v) is 12.7. The lowest BCUT2D eigenvalue weighted by Gasteiger charge is -2.37. The van der Waals surface area contributed by atoms with E-state index in [2.05, 4.69) is 55.5 Å². The van der Waals surface area contributed by atoms with Gasteiger partial charge in [-0.2, -0.15) is 0 Å². The molecule has 0 unspecified atom stereocenters. The highest BCUT2D eigenvalue weighted by molar-refractivity contribution is 5.49. The Morgan fingerprint density at radius 2 is 2.16 bits per heavy atom. The van der Waals surface area contributed by atoms with E-state index in [9.17, 15) is 0 Å². The largest absolute Gasteiger partial charge is 0.348 e. The van der Waals surface area contributed by atoms with Gasteiger partial charge in [-0.15, -0.1) is 6.58 Å². The van der Waals surface area contributed by atoms with Gasteiger partial charge >= 0.3 is 0 Å². The monoisotopic (exact) mass is 261 g/mol. The second kappa shape index (κ2) is 7.29.